The summed E-state index contributed by atoms with van der Waals surface area (Å²) >= 11 is 0. The van der Waals surface area contributed by atoms with Crippen LogP contribution in [0.3, 0.4) is 0 Å². The molecule has 0 amide bonds. The summed E-state index contributed by atoms with van der Waals surface area (Å²) < 4.78 is 0. The SMILES string of the molecule is C[C@H](CCC(C)(C)O)[C@H]1CC[C@H]2[C@@H]3[C@H](O)C[C@@H]4C[C@H](O)CC[C@]4(C)[C@H]3C[C@H](O)[C@]12C. The van der Waals surface area contributed by atoms with Gasteiger partial charge in [-0.2, -0.15) is 0 Å². The van der Waals surface area contributed by atoms with Crippen molar-refractivity contribution in [1.82, 2.24) is 0 Å². The second kappa shape index (κ2) is 7.71. The molecule has 4 aliphatic carbocycles. The lowest BCUT2D eigenvalue weighted by Crippen LogP contribution is -2.62. The fourth-order valence-corrected chi connectivity index (χ4v) is 8.91. The van der Waals surface area contributed by atoms with Gasteiger partial charge in [0.25, 0.3) is 0 Å². The Labute approximate surface area is 183 Å². The van der Waals surface area contributed by atoms with Gasteiger partial charge in [0.2, 0.25) is 0 Å². The first-order valence-corrected chi connectivity index (χ1v) is 12.6. The monoisotopic (exact) mass is 422 g/mol. The quantitative estimate of drug-likeness (QED) is 0.549. The first-order chi connectivity index (χ1) is 13.9. The van der Waals surface area contributed by atoms with E-state index in [0.29, 0.717) is 29.6 Å². The van der Waals surface area contributed by atoms with Gasteiger partial charge in [-0.05, 0) is 118 Å². The third kappa shape index (κ3) is 3.58. The van der Waals surface area contributed by atoms with E-state index >= 15 is 0 Å². The molecular formula is C26H46O4. The van der Waals surface area contributed by atoms with Gasteiger partial charge in [0.05, 0.1) is 23.9 Å². The second-order valence-electron chi connectivity index (χ2n) is 12.9. The van der Waals surface area contributed by atoms with Gasteiger partial charge in [0, 0.05) is 0 Å². The minimum atomic E-state index is -0.641. The first-order valence-electron chi connectivity index (χ1n) is 12.6. The number of hydrogen-bond acceptors (Lipinski definition) is 4. The molecule has 0 saturated heterocycles. The highest BCUT2D eigenvalue weighted by Crippen LogP contribution is 2.68. The maximum atomic E-state index is 11.6. The number of fused-ring (bicyclic) bond motifs is 5. The topological polar surface area (TPSA) is 80.9 Å². The molecule has 0 unspecified atom stereocenters. The summed E-state index contributed by atoms with van der Waals surface area (Å²) in [6, 6.07) is 0. The van der Waals surface area contributed by atoms with Crippen LogP contribution in [0.1, 0.15) is 92.4 Å². The molecule has 4 aliphatic rings. The lowest BCUT2D eigenvalue weighted by Gasteiger charge is -2.63. The molecule has 4 saturated carbocycles. The summed E-state index contributed by atoms with van der Waals surface area (Å²) in [6.07, 6.45) is 7.46. The molecule has 4 N–H and O–H groups in total. The van der Waals surface area contributed by atoms with E-state index in [-0.39, 0.29) is 35.1 Å². The molecule has 0 aliphatic heterocycles. The van der Waals surface area contributed by atoms with Gasteiger partial charge < -0.3 is 20.4 Å². The zero-order valence-electron chi connectivity index (χ0n) is 19.8. The number of rotatable bonds is 4. The Hall–Kier alpha value is -0.160. The maximum Gasteiger partial charge on any atom is 0.0602 e. The van der Waals surface area contributed by atoms with Crippen LogP contribution in [-0.4, -0.2) is 44.3 Å². The van der Waals surface area contributed by atoms with Crippen LogP contribution < -0.4 is 0 Å². The summed E-state index contributed by atoms with van der Waals surface area (Å²) in [5, 5.41) is 43.4. The molecule has 4 rings (SSSR count). The van der Waals surface area contributed by atoms with Crippen molar-refractivity contribution >= 4 is 0 Å². The Morgan fingerprint density at radius 1 is 0.967 bits per heavy atom. The standard InChI is InChI=1S/C26H46O4/c1-15(8-10-24(2,3)30)18-6-7-19-23-20(14-22(29)26(18,19)5)25(4)11-9-17(27)12-16(25)13-21(23)28/h15-23,27-30H,6-14H2,1-5H3/t15-,16+,17-,18-,19+,20+,21-,22+,23+,25+,26-/m1/s1. The van der Waals surface area contributed by atoms with Crippen LogP contribution in [-0.2, 0) is 0 Å². The van der Waals surface area contributed by atoms with Gasteiger partial charge in [-0.1, -0.05) is 20.8 Å². The molecule has 4 nitrogen and oxygen atoms in total. The van der Waals surface area contributed by atoms with Crippen LogP contribution in [0.5, 0.6) is 0 Å². The Morgan fingerprint density at radius 2 is 1.67 bits per heavy atom. The zero-order valence-corrected chi connectivity index (χ0v) is 19.8. The van der Waals surface area contributed by atoms with Crippen molar-refractivity contribution < 1.29 is 20.4 Å². The average Bonchev–Trinajstić information content (AvgIpc) is 3.00. The van der Waals surface area contributed by atoms with Crippen molar-refractivity contribution in [2.24, 2.45) is 46.3 Å². The summed E-state index contributed by atoms with van der Waals surface area (Å²) in [5.74, 6) is 2.30. The fourth-order valence-electron chi connectivity index (χ4n) is 8.91. The predicted octanol–water partition coefficient (Wildman–Crippen LogP) is 4.14. The van der Waals surface area contributed by atoms with Crippen LogP contribution >= 0.6 is 0 Å². The van der Waals surface area contributed by atoms with Gasteiger partial charge in [-0.3, -0.25) is 0 Å². The first kappa shape index (κ1) is 23.0. The third-order valence-corrected chi connectivity index (χ3v) is 10.7. The molecule has 0 radical (unpaired) electrons. The molecule has 0 aromatic rings. The predicted molar refractivity (Wildman–Crippen MR) is 119 cm³/mol. The minimum absolute atomic E-state index is 0.135. The minimum Gasteiger partial charge on any atom is -0.393 e. The molecule has 0 aromatic carbocycles. The zero-order chi connectivity index (χ0) is 22.1. The number of hydrogen-bond donors (Lipinski definition) is 4. The molecule has 4 heteroatoms. The molecule has 0 bridgehead atoms. The smallest absolute Gasteiger partial charge is 0.0602 e. The lowest BCUT2D eigenvalue weighted by atomic mass is 9.43. The van der Waals surface area contributed by atoms with Gasteiger partial charge in [-0.25, -0.2) is 0 Å². The van der Waals surface area contributed by atoms with E-state index < -0.39 is 5.60 Å². The summed E-state index contributed by atoms with van der Waals surface area (Å²) in [4.78, 5) is 0. The fraction of sp³-hybridized carbons (Fsp3) is 1.00. The number of aliphatic hydroxyl groups is 4. The van der Waals surface area contributed by atoms with Gasteiger partial charge >= 0.3 is 0 Å². The van der Waals surface area contributed by atoms with Crippen molar-refractivity contribution in [3.05, 3.63) is 0 Å². The maximum absolute atomic E-state index is 11.6. The molecule has 11 atom stereocenters. The molecule has 0 spiro atoms. The van der Waals surface area contributed by atoms with Crippen LogP contribution in [0.25, 0.3) is 0 Å². The van der Waals surface area contributed by atoms with Gasteiger partial charge in [-0.15, -0.1) is 0 Å². The summed E-state index contributed by atoms with van der Waals surface area (Å²) in [6.45, 7) is 10.8. The number of aliphatic hydroxyl groups excluding tert-OH is 3. The third-order valence-electron chi connectivity index (χ3n) is 10.7. The Kier molecular flexibility index (Phi) is 5.92. The van der Waals surface area contributed by atoms with E-state index in [4.69, 9.17) is 0 Å². The van der Waals surface area contributed by atoms with E-state index in [9.17, 15) is 20.4 Å². The van der Waals surface area contributed by atoms with Crippen molar-refractivity contribution in [3.63, 3.8) is 0 Å². The molecule has 0 aromatic heterocycles. The van der Waals surface area contributed by atoms with E-state index in [1.54, 1.807) is 0 Å². The van der Waals surface area contributed by atoms with Gasteiger partial charge in [0.15, 0.2) is 0 Å². The second-order valence-corrected chi connectivity index (χ2v) is 12.9. The highest BCUT2D eigenvalue weighted by Gasteiger charge is 2.65. The largest absolute Gasteiger partial charge is 0.393 e. The van der Waals surface area contributed by atoms with E-state index in [2.05, 4.69) is 20.8 Å². The average molecular weight is 423 g/mol. The van der Waals surface area contributed by atoms with E-state index in [0.717, 1.165) is 57.8 Å². The molecule has 4 fully saturated rings. The van der Waals surface area contributed by atoms with E-state index in [1.807, 2.05) is 13.8 Å². The highest BCUT2D eigenvalue weighted by atomic mass is 16.3. The van der Waals surface area contributed by atoms with Crippen molar-refractivity contribution in [1.29, 1.82) is 0 Å². The lowest BCUT2D eigenvalue weighted by molar-refractivity contribution is -0.207. The van der Waals surface area contributed by atoms with Crippen molar-refractivity contribution in [2.45, 2.75) is 116 Å². The summed E-state index contributed by atoms with van der Waals surface area (Å²) in [5.41, 5.74) is -0.646. The Morgan fingerprint density at radius 3 is 2.33 bits per heavy atom. The molecule has 174 valence electrons. The molecule has 30 heavy (non-hydrogen) atoms. The van der Waals surface area contributed by atoms with Crippen LogP contribution in [0, 0.1) is 46.3 Å². The molecular weight excluding hydrogens is 376 g/mol. The summed E-state index contributed by atoms with van der Waals surface area (Å²) in [7, 11) is 0. The van der Waals surface area contributed by atoms with Gasteiger partial charge in [0.1, 0.15) is 0 Å². The van der Waals surface area contributed by atoms with Crippen LogP contribution in [0.15, 0.2) is 0 Å². The Bertz CT molecular complexity index is 629. The Balaban J connectivity index is 1.59. The van der Waals surface area contributed by atoms with Crippen molar-refractivity contribution in [3.8, 4) is 0 Å². The van der Waals surface area contributed by atoms with Crippen LogP contribution in [0.2, 0.25) is 0 Å². The van der Waals surface area contributed by atoms with E-state index in [1.165, 1.54) is 0 Å². The van der Waals surface area contributed by atoms with Crippen LogP contribution in [0.4, 0.5) is 0 Å². The highest BCUT2D eigenvalue weighted by molar-refractivity contribution is 5.14. The van der Waals surface area contributed by atoms with Crippen molar-refractivity contribution in [2.75, 3.05) is 0 Å². The molecule has 0 heterocycles. The normalized spacial score (nSPS) is 52.3.